The maximum Gasteiger partial charge on any atom is 0.411 e. The van der Waals surface area contributed by atoms with E-state index in [1.54, 1.807) is 20.8 Å². The van der Waals surface area contributed by atoms with Crippen LogP contribution in [0.4, 0.5) is 4.79 Å². The number of hydrogen-bond acceptors (Lipinski definition) is 5. The van der Waals surface area contributed by atoms with Crippen molar-refractivity contribution in [3.8, 4) is 0 Å². The summed E-state index contributed by atoms with van der Waals surface area (Å²) in [5.41, 5.74) is 5.72. The van der Waals surface area contributed by atoms with Gasteiger partial charge in [0.15, 0.2) is 0 Å². The van der Waals surface area contributed by atoms with E-state index in [2.05, 4.69) is 0 Å². The molecule has 1 amide bonds. The van der Waals surface area contributed by atoms with Crippen LogP contribution >= 0.6 is 0 Å². The second-order valence-corrected chi connectivity index (χ2v) is 7.30. The second-order valence-electron chi connectivity index (χ2n) is 7.30. The van der Waals surface area contributed by atoms with Gasteiger partial charge < -0.3 is 20.7 Å². The van der Waals surface area contributed by atoms with Gasteiger partial charge in [-0.3, -0.25) is 9.69 Å². The molecule has 1 aromatic rings. The molecule has 0 bridgehead atoms. The lowest BCUT2D eigenvalue weighted by molar-refractivity contribution is -0.142. The first-order valence-corrected chi connectivity index (χ1v) is 8.76. The molecule has 150 valence electrons. The summed E-state index contributed by atoms with van der Waals surface area (Å²) in [6, 6.07) is 7.82. The van der Waals surface area contributed by atoms with Gasteiger partial charge in [0.1, 0.15) is 17.7 Å². The van der Waals surface area contributed by atoms with E-state index >= 15 is 0 Å². The molecule has 0 radical (unpaired) electrons. The summed E-state index contributed by atoms with van der Waals surface area (Å²) in [7, 11) is 0. The van der Waals surface area contributed by atoms with Crippen molar-refractivity contribution in [2.24, 2.45) is 5.73 Å². The largest absolute Gasteiger partial charge is 0.480 e. The maximum absolute atomic E-state index is 11.6. The molecule has 1 aliphatic rings. The van der Waals surface area contributed by atoms with E-state index in [4.69, 9.17) is 20.7 Å². The zero-order valence-corrected chi connectivity index (χ0v) is 15.9. The summed E-state index contributed by atoms with van der Waals surface area (Å²) in [5.74, 6) is -1.92. The highest BCUT2D eigenvalue weighted by atomic mass is 16.6. The lowest BCUT2D eigenvalue weighted by atomic mass is 10.1. The van der Waals surface area contributed by atoms with E-state index in [9.17, 15) is 14.4 Å². The number of carbonyl (C=O) groups is 3. The number of benzene rings is 1. The lowest BCUT2D eigenvalue weighted by Crippen LogP contribution is -2.43. The molecule has 8 nitrogen and oxygen atoms in total. The number of carboxylic acids is 2. The van der Waals surface area contributed by atoms with Gasteiger partial charge in [0.05, 0.1) is 0 Å². The van der Waals surface area contributed by atoms with Gasteiger partial charge >= 0.3 is 18.0 Å². The number of hydrogen-bond donors (Lipinski definition) is 3. The summed E-state index contributed by atoms with van der Waals surface area (Å²) in [6.07, 6.45) is 1.08. The fraction of sp³-hybridized carbons (Fsp3) is 0.526. The second kappa shape index (κ2) is 9.91. The fourth-order valence-electron chi connectivity index (χ4n) is 2.52. The van der Waals surface area contributed by atoms with Crippen molar-refractivity contribution in [1.29, 1.82) is 0 Å². The first-order valence-electron chi connectivity index (χ1n) is 8.76. The van der Waals surface area contributed by atoms with Crippen LogP contribution in [0.3, 0.4) is 0 Å². The van der Waals surface area contributed by atoms with Crippen molar-refractivity contribution in [3.63, 3.8) is 0 Å². The molecule has 1 fully saturated rings. The van der Waals surface area contributed by atoms with Crippen molar-refractivity contribution in [2.45, 2.75) is 57.7 Å². The van der Waals surface area contributed by atoms with Gasteiger partial charge in [-0.05, 0) is 45.6 Å². The van der Waals surface area contributed by atoms with Crippen molar-refractivity contribution in [3.05, 3.63) is 35.9 Å². The number of carbonyl (C=O) groups excluding carboxylic acids is 1. The van der Waals surface area contributed by atoms with E-state index in [1.807, 2.05) is 30.3 Å². The van der Waals surface area contributed by atoms with Gasteiger partial charge in [-0.1, -0.05) is 30.3 Å². The third kappa shape index (κ3) is 8.08. The minimum atomic E-state index is -0.960. The van der Waals surface area contributed by atoms with Crippen LogP contribution in [0.25, 0.3) is 0 Å². The van der Waals surface area contributed by atoms with Gasteiger partial charge in [0, 0.05) is 6.54 Å². The average molecular weight is 380 g/mol. The van der Waals surface area contributed by atoms with Crippen LogP contribution in [0.15, 0.2) is 30.3 Å². The van der Waals surface area contributed by atoms with Crippen LogP contribution in [0.5, 0.6) is 0 Å². The van der Waals surface area contributed by atoms with Crippen LogP contribution in [0, 0.1) is 0 Å². The molecular formula is C19H28N2O6. The third-order valence-electron chi connectivity index (χ3n) is 3.78. The molecule has 1 aromatic carbocycles. The lowest BCUT2D eigenvalue weighted by Gasteiger charge is -2.26. The number of likely N-dealkylation sites (tertiary alicyclic amines) is 1. The maximum atomic E-state index is 11.6. The standard InChI is InChI=1S/C10H17NO4.C9H11NO2/c1-10(2,3)15-9(14)11-6-4-5-7(11)8(12)13;10-8(9(11)12)6-7-4-2-1-3-5-7/h7H,4-6H2,1-3H3,(H,12,13);1-5,8H,6,10H2,(H,11,12)/t7-;8-/m00/s1. The van der Waals surface area contributed by atoms with Gasteiger partial charge in [-0.2, -0.15) is 0 Å². The summed E-state index contributed by atoms with van der Waals surface area (Å²) in [4.78, 5) is 34.1. The molecule has 0 saturated carbocycles. The quantitative estimate of drug-likeness (QED) is 0.729. The first-order chi connectivity index (χ1) is 12.5. The highest BCUT2D eigenvalue weighted by molar-refractivity contribution is 5.80. The number of aliphatic carboxylic acids is 2. The van der Waals surface area contributed by atoms with Crippen molar-refractivity contribution >= 4 is 18.0 Å². The Kier molecular flexibility index (Phi) is 8.24. The van der Waals surface area contributed by atoms with Gasteiger partial charge in [-0.15, -0.1) is 0 Å². The van der Waals surface area contributed by atoms with E-state index in [1.165, 1.54) is 4.90 Å². The Bertz CT molecular complexity index is 641. The van der Waals surface area contributed by atoms with E-state index in [0.717, 1.165) is 12.0 Å². The summed E-state index contributed by atoms with van der Waals surface area (Å²) < 4.78 is 5.13. The molecule has 0 aliphatic carbocycles. The highest BCUT2D eigenvalue weighted by Gasteiger charge is 2.36. The SMILES string of the molecule is CC(C)(C)OC(=O)N1CCC[C@H]1C(=O)O.N[C@@H](Cc1ccccc1)C(=O)O. The van der Waals surface area contributed by atoms with Crippen molar-refractivity contribution < 1.29 is 29.3 Å². The Hall–Kier alpha value is -2.61. The van der Waals surface area contributed by atoms with E-state index < -0.39 is 35.7 Å². The molecule has 27 heavy (non-hydrogen) atoms. The van der Waals surface area contributed by atoms with Crippen LogP contribution in [0.2, 0.25) is 0 Å². The van der Waals surface area contributed by atoms with Gasteiger partial charge in [0.2, 0.25) is 0 Å². The third-order valence-corrected chi connectivity index (χ3v) is 3.78. The van der Waals surface area contributed by atoms with E-state index in [0.29, 0.717) is 19.4 Å². The first kappa shape index (κ1) is 22.4. The molecule has 2 atom stereocenters. The number of rotatable bonds is 4. The molecule has 4 N–H and O–H groups in total. The smallest absolute Gasteiger partial charge is 0.411 e. The highest BCUT2D eigenvalue weighted by Crippen LogP contribution is 2.20. The molecular weight excluding hydrogens is 352 g/mol. The normalized spacial score (nSPS) is 17.5. The van der Waals surface area contributed by atoms with Crippen LogP contribution in [-0.4, -0.2) is 57.4 Å². The number of nitrogens with two attached hydrogens (primary N) is 1. The number of ether oxygens (including phenoxy) is 1. The summed E-state index contributed by atoms with van der Waals surface area (Å²) in [5, 5.41) is 17.4. The monoisotopic (exact) mass is 380 g/mol. The Labute approximate surface area is 158 Å². The molecule has 0 spiro atoms. The van der Waals surface area contributed by atoms with Crippen LogP contribution in [-0.2, 0) is 20.7 Å². The minimum Gasteiger partial charge on any atom is -0.480 e. The molecule has 8 heteroatoms. The molecule has 0 aromatic heterocycles. The molecule has 1 aliphatic heterocycles. The zero-order chi connectivity index (χ0) is 20.6. The molecule has 2 rings (SSSR count). The van der Waals surface area contributed by atoms with Crippen LogP contribution in [0.1, 0.15) is 39.2 Å². The molecule has 1 saturated heterocycles. The van der Waals surface area contributed by atoms with E-state index in [-0.39, 0.29) is 0 Å². The molecule has 0 unspecified atom stereocenters. The Morgan fingerprint density at radius 3 is 2.30 bits per heavy atom. The number of amides is 1. The van der Waals surface area contributed by atoms with Gasteiger partial charge in [0.25, 0.3) is 0 Å². The predicted molar refractivity (Wildman–Crippen MR) is 99.4 cm³/mol. The number of carboxylic acid groups (broad SMARTS) is 2. The Morgan fingerprint density at radius 2 is 1.81 bits per heavy atom. The Morgan fingerprint density at radius 1 is 1.22 bits per heavy atom. The summed E-state index contributed by atoms with van der Waals surface area (Å²) >= 11 is 0. The topological polar surface area (TPSA) is 130 Å². The zero-order valence-electron chi connectivity index (χ0n) is 15.9. The van der Waals surface area contributed by atoms with Crippen molar-refractivity contribution in [2.75, 3.05) is 6.54 Å². The molecule has 1 heterocycles. The van der Waals surface area contributed by atoms with Crippen LogP contribution < -0.4 is 5.73 Å². The predicted octanol–water partition coefficient (Wildman–Crippen LogP) is 2.11. The van der Waals surface area contributed by atoms with Crippen molar-refractivity contribution in [1.82, 2.24) is 4.90 Å². The Balaban J connectivity index is 0.000000277. The summed E-state index contributed by atoms with van der Waals surface area (Å²) in [6.45, 7) is 5.75. The average Bonchev–Trinajstić information content (AvgIpc) is 3.05. The van der Waals surface area contributed by atoms with Gasteiger partial charge in [-0.25, -0.2) is 9.59 Å². The minimum absolute atomic E-state index is 0.385. The fourth-order valence-corrected chi connectivity index (χ4v) is 2.52. The number of nitrogens with zero attached hydrogens (tertiary/aromatic N) is 1.